The van der Waals surface area contributed by atoms with Gasteiger partial charge >= 0.3 is 5.97 Å². The van der Waals surface area contributed by atoms with Crippen LogP contribution in [0.25, 0.3) is 10.9 Å². The van der Waals surface area contributed by atoms with Gasteiger partial charge in [0, 0.05) is 31.3 Å². The lowest BCUT2D eigenvalue weighted by Crippen LogP contribution is -2.35. The second-order valence-corrected chi connectivity index (χ2v) is 5.46. The van der Waals surface area contributed by atoms with Gasteiger partial charge in [0.2, 0.25) is 0 Å². The van der Waals surface area contributed by atoms with Crippen molar-refractivity contribution in [1.82, 2.24) is 4.98 Å². The van der Waals surface area contributed by atoms with Gasteiger partial charge in [-0.1, -0.05) is 18.2 Å². The summed E-state index contributed by atoms with van der Waals surface area (Å²) in [6.07, 6.45) is 3.20. The van der Waals surface area contributed by atoms with E-state index >= 15 is 0 Å². The van der Waals surface area contributed by atoms with E-state index in [0.717, 1.165) is 42.5 Å². The highest BCUT2D eigenvalue weighted by atomic mass is 16.4. The molecular weight excluding hydrogens is 268 g/mol. The molecule has 0 amide bonds. The lowest BCUT2D eigenvalue weighted by Gasteiger charge is -2.34. The quantitative estimate of drug-likeness (QED) is 0.904. The fraction of sp³-hybridized carbons (Fsp3) is 0.375. The molecule has 0 unspecified atom stereocenters. The Labute approximate surface area is 122 Å². The van der Waals surface area contributed by atoms with Crippen LogP contribution >= 0.6 is 0 Å². The summed E-state index contributed by atoms with van der Waals surface area (Å²) in [6.45, 7) is 1.73. The molecule has 1 saturated heterocycles. The molecule has 1 aliphatic rings. The number of carbonyl (C=O) groups is 1. The molecule has 1 fully saturated rings. The second kappa shape index (κ2) is 5.69. The molecule has 1 aliphatic heterocycles. The van der Waals surface area contributed by atoms with Gasteiger partial charge in [-0.3, -0.25) is 4.98 Å². The van der Waals surface area contributed by atoms with Gasteiger partial charge in [0.15, 0.2) is 0 Å². The lowest BCUT2D eigenvalue weighted by molar-refractivity contribution is 0.0697. The second-order valence-electron chi connectivity index (χ2n) is 5.46. The smallest absolute Gasteiger partial charge is 0.339 e. The summed E-state index contributed by atoms with van der Waals surface area (Å²) in [7, 11) is 0. The first kappa shape index (κ1) is 13.8. The summed E-state index contributed by atoms with van der Waals surface area (Å²) in [5, 5.41) is 19.6. The van der Waals surface area contributed by atoms with Gasteiger partial charge in [-0.2, -0.15) is 0 Å². The number of rotatable bonds is 3. The number of hydrogen-bond acceptors (Lipinski definition) is 4. The van der Waals surface area contributed by atoms with Crippen LogP contribution in [0.5, 0.6) is 0 Å². The van der Waals surface area contributed by atoms with Crippen LogP contribution in [0.15, 0.2) is 30.5 Å². The van der Waals surface area contributed by atoms with Crippen LogP contribution in [-0.4, -0.2) is 40.9 Å². The summed E-state index contributed by atoms with van der Waals surface area (Å²) >= 11 is 0. The van der Waals surface area contributed by atoms with Crippen molar-refractivity contribution >= 4 is 22.6 Å². The van der Waals surface area contributed by atoms with Crippen molar-refractivity contribution in [2.24, 2.45) is 5.92 Å². The molecule has 0 aliphatic carbocycles. The first-order chi connectivity index (χ1) is 10.2. The van der Waals surface area contributed by atoms with Crippen molar-refractivity contribution in [3.8, 4) is 0 Å². The fourth-order valence-electron chi connectivity index (χ4n) is 2.96. The first-order valence-corrected chi connectivity index (χ1v) is 7.17. The number of nitrogens with zero attached hydrogens (tertiary/aromatic N) is 2. The van der Waals surface area contributed by atoms with Crippen molar-refractivity contribution in [1.29, 1.82) is 0 Å². The van der Waals surface area contributed by atoms with Gasteiger partial charge in [-0.25, -0.2) is 4.79 Å². The van der Waals surface area contributed by atoms with Crippen molar-refractivity contribution < 1.29 is 15.0 Å². The number of carboxylic acid groups (broad SMARTS) is 1. The Morgan fingerprint density at radius 3 is 2.67 bits per heavy atom. The summed E-state index contributed by atoms with van der Waals surface area (Å²) < 4.78 is 0. The molecule has 1 aromatic heterocycles. The van der Waals surface area contributed by atoms with Crippen molar-refractivity contribution in [2.45, 2.75) is 12.8 Å². The van der Waals surface area contributed by atoms with Gasteiger partial charge in [-0.05, 0) is 24.8 Å². The number of anilines is 1. The zero-order valence-electron chi connectivity index (χ0n) is 11.7. The monoisotopic (exact) mass is 286 g/mol. The average Bonchev–Trinajstić information content (AvgIpc) is 2.53. The third-order valence-electron chi connectivity index (χ3n) is 4.17. The lowest BCUT2D eigenvalue weighted by atomic mass is 9.96. The van der Waals surface area contributed by atoms with Crippen LogP contribution in [0, 0.1) is 5.92 Å². The van der Waals surface area contributed by atoms with Crippen LogP contribution in [-0.2, 0) is 0 Å². The van der Waals surface area contributed by atoms with Gasteiger partial charge in [0.25, 0.3) is 0 Å². The Bertz CT molecular complexity index is 664. The Hall–Kier alpha value is -2.14. The summed E-state index contributed by atoms with van der Waals surface area (Å²) in [5.74, 6) is -0.629. The molecule has 2 aromatic rings. The number of aromatic nitrogens is 1. The largest absolute Gasteiger partial charge is 0.478 e. The number of aliphatic hydroxyl groups excluding tert-OH is 1. The average molecular weight is 286 g/mol. The number of carboxylic acids is 1. The van der Waals surface area contributed by atoms with E-state index in [1.165, 1.54) is 6.20 Å². The van der Waals surface area contributed by atoms with Crippen LogP contribution in [0.1, 0.15) is 23.2 Å². The van der Waals surface area contributed by atoms with E-state index in [4.69, 9.17) is 0 Å². The highest BCUT2D eigenvalue weighted by molar-refractivity contribution is 6.04. The number of para-hydroxylation sites is 1. The maximum atomic E-state index is 11.5. The van der Waals surface area contributed by atoms with Gasteiger partial charge in [0.05, 0.1) is 11.2 Å². The third-order valence-corrected chi connectivity index (χ3v) is 4.17. The third kappa shape index (κ3) is 2.56. The number of hydrogen-bond donors (Lipinski definition) is 2. The Morgan fingerprint density at radius 2 is 2.00 bits per heavy atom. The highest BCUT2D eigenvalue weighted by Crippen LogP contribution is 2.32. The highest BCUT2D eigenvalue weighted by Gasteiger charge is 2.24. The van der Waals surface area contributed by atoms with Crippen LogP contribution < -0.4 is 4.90 Å². The van der Waals surface area contributed by atoms with Crippen molar-refractivity contribution in [3.05, 3.63) is 36.0 Å². The first-order valence-electron chi connectivity index (χ1n) is 7.17. The minimum Gasteiger partial charge on any atom is -0.478 e. The minimum atomic E-state index is -0.951. The number of benzene rings is 1. The molecule has 0 atom stereocenters. The van der Waals surface area contributed by atoms with E-state index in [0.29, 0.717) is 5.92 Å². The molecule has 21 heavy (non-hydrogen) atoms. The topological polar surface area (TPSA) is 73.7 Å². The van der Waals surface area contributed by atoms with Crippen LogP contribution in [0.4, 0.5) is 5.69 Å². The number of aromatic carboxylic acids is 1. The maximum absolute atomic E-state index is 11.5. The van der Waals surface area contributed by atoms with Crippen LogP contribution in [0.3, 0.4) is 0 Å². The number of piperidine rings is 1. The van der Waals surface area contributed by atoms with Crippen LogP contribution in [0.2, 0.25) is 0 Å². The van der Waals surface area contributed by atoms with E-state index in [1.807, 2.05) is 24.3 Å². The molecule has 110 valence electrons. The molecule has 2 N–H and O–H groups in total. The van der Waals surface area contributed by atoms with E-state index in [9.17, 15) is 15.0 Å². The Balaban J connectivity index is 2.07. The van der Waals surface area contributed by atoms with Gasteiger partial charge in [0.1, 0.15) is 5.56 Å². The normalized spacial score (nSPS) is 16.3. The molecule has 0 radical (unpaired) electrons. The number of pyridine rings is 1. The minimum absolute atomic E-state index is 0.205. The standard InChI is InChI=1S/C16H18N2O3/c19-10-11-5-7-18(8-6-11)15-12-3-1-2-4-14(12)17-9-13(15)16(20)21/h1-4,9,11,19H,5-8,10H2,(H,20,21). The van der Waals surface area contributed by atoms with Crippen molar-refractivity contribution in [2.75, 3.05) is 24.6 Å². The SMILES string of the molecule is O=C(O)c1cnc2ccccc2c1N1CCC(CO)CC1. The Morgan fingerprint density at radius 1 is 1.29 bits per heavy atom. The van der Waals surface area contributed by atoms with E-state index in [2.05, 4.69) is 9.88 Å². The molecule has 0 bridgehead atoms. The molecule has 0 spiro atoms. The van der Waals surface area contributed by atoms with Gasteiger partial charge in [-0.15, -0.1) is 0 Å². The summed E-state index contributed by atoms with van der Waals surface area (Å²) in [4.78, 5) is 17.9. The van der Waals surface area contributed by atoms with E-state index < -0.39 is 5.97 Å². The Kier molecular flexibility index (Phi) is 3.75. The van der Waals surface area contributed by atoms with E-state index in [-0.39, 0.29) is 12.2 Å². The zero-order valence-corrected chi connectivity index (χ0v) is 11.7. The molecule has 0 saturated carbocycles. The molecule has 1 aromatic carbocycles. The summed E-state index contributed by atoms with van der Waals surface area (Å²) in [6, 6.07) is 7.62. The fourth-order valence-corrected chi connectivity index (χ4v) is 2.96. The maximum Gasteiger partial charge on any atom is 0.339 e. The molecule has 5 nitrogen and oxygen atoms in total. The van der Waals surface area contributed by atoms with Crippen molar-refractivity contribution in [3.63, 3.8) is 0 Å². The predicted molar refractivity (Wildman–Crippen MR) is 80.7 cm³/mol. The number of aliphatic hydroxyl groups is 1. The molecule has 5 heteroatoms. The predicted octanol–water partition coefficient (Wildman–Crippen LogP) is 2.14. The molecule has 2 heterocycles. The molecular formula is C16H18N2O3. The zero-order chi connectivity index (χ0) is 14.8. The summed E-state index contributed by atoms with van der Waals surface area (Å²) in [5.41, 5.74) is 1.81. The van der Waals surface area contributed by atoms with Gasteiger partial charge < -0.3 is 15.1 Å². The number of fused-ring (bicyclic) bond motifs is 1. The molecule has 3 rings (SSSR count). The van der Waals surface area contributed by atoms with E-state index in [1.54, 1.807) is 0 Å².